The van der Waals surface area contributed by atoms with Crippen LogP contribution in [0, 0.1) is 12.3 Å². The first-order chi connectivity index (χ1) is 7.15. The van der Waals surface area contributed by atoms with E-state index >= 15 is 0 Å². The molecule has 15 heavy (non-hydrogen) atoms. The maximum absolute atomic E-state index is 7.13. The SMILES string of the molecule is Cc1ccc2sc(CSC(=N)N)nc2c1. The van der Waals surface area contributed by atoms with Gasteiger partial charge < -0.3 is 5.73 Å². The standard InChI is InChI=1S/C10H11N3S2/c1-6-2-3-8-7(4-6)13-9(15-8)5-14-10(11)12/h2-4H,5H2,1H3,(H3,11,12). The van der Waals surface area contributed by atoms with Crippen molar-refractivity contribution in [1.29, 1.82) is 5.41 Å². The van der Waals surface area contributed by atoms with Crippen LogP contribution in [0.3, 0.4) is 0 Å². The van der Waals surface area contributed by atoms with E-state index in [4.69, 9.17) is 11.1 Å². The molecule has 0 unspecified atom stereocenters. The molecule has 1 aromatic carbocycles. The van der Waals surface area contributed by atoms with Crippen LogP contribution in [0.2, 0.25) is 0 Å². The first kappa shape index (κ1) is 10.4. The molecule has 0 aliphatic rings. The number of thiazole rings is 1. The summed E-state index contributed by atoms with van der Waals surface area (Å²) in [5, 5.41) is 8.30. The van der Waals surface area contributed by atoms with Crippen molar-refractivity contribution in [2.24, 2.45) is 5.73 Å². The molecule has 2 aromatic rings. The van der Waals surface area contributed by atoms with Gasteiger partial charge in [0.2, 0.25) is 0 Å². The van der Waals surface area contributed by atoms with Crippen LogP contribution in [0.1, 0.15) is 10.6 Å². The van der Waals surface area contributed by atoms with Gasteiger partial charge in [0, 0.05) is 0 Å². The van der Waals surface area contributed by atoms with E-state index in [2.05, 4.69) is 30.1 Å². The van der Waals surface area contributed by atoms with Crippen molar-refractivity contribution in [3.8, 4) is 0 Å². The molecule has 78 valence electrons. The van der Waals surface area contributed by atoms with Gasteiger partial charge in [-0.2, -0.15) is 0 Å². The Morgan fingerprint density at radius 3 is 3.13 bits per heavy atom. The lowest BCUT2D eigenvalue weighted by Crippen LogP contribution is -2.03. The van der Waals surface area contributed by atoms with E-state index in [9.17, 15) is 0 Å². The van der Waals surface area contributed by atoms with Crippen LogP contribution < -0.4 is 5.73 Å². The summed E-state index contributed by atoms with van der Waals surface area (Å²) in [6.07, 6.45) is 0. The fraction of sp³-hybridized carbons (Fsp3) is 0.200. The van der Waals surface area contributed by atoms with Crippen LogP contribution in [0.15, 0.2) is 18.2 Å². The number of thioether (sulfide) groups is 1. The Balaban J connectivity index is 2.27. The Bertz CT molecular complexity index is 504. The van der Waals surface area contributed by atoms with Gasteiger partial charge in [0.25, 0.3) is 0 Å². The van der Waals surface area contributed by atoms with Crippen molar-refractivity contribution >= 4 is 38.5 Å². The lowest BCUT2D eigenvalue weighted by Gasteiger charge is -1.92. The molecular formula is C10H11N3S2. The molecule has 3 N–H and O–H groups in total. The smallest absolute Gasteiger partial charge is 0.151 e. The molecule has 0 spiro atoms. The molecule has 0 radical (unpaired) electrons. The van der Waals surface area contributed by atoms with Crippen LogP contribution in [-0.4, -0.2) is 10.2 Å². The molecule has 0 saturated carbocycles. The molecule has 1 aromatic heterocycles. The maximum Gasteiger partial charge on any atom is 0.151 e. The summed E-state index contributed by atoms with van der Waals surface area (Å²) in [7, 11) is 0. The predicted octanol–water partition coefficient (Wildman–Crippen LogP) is 2.73. The minimum absolute atomic E-state index is 0.144. The van der Waals surface area contributed by atoms with Crippen LogP contribution in [0.4, 0.5) is 0 Å². The van der Waals surface area contributed by atoms with Crippen molar-refractivity contribution in [3.63, 3.8) is 0 Å². The van der Waals surface area contributed by atoms with Crippen LogP contribution in [-0.2, 0) is 5.75 Å². The van der Waals surface area contributed by atoms with E-state index < -0.39 is 0 Å². The number of nitrogens with zero attached hydrogens (tertiary/aromatic N) is 1. The number of amidine groups is 1. The highest BCUT2D eigenvalue weighted by Crippen LogP contribution is 2.25. The second-order valence-corrected chi connectivity index (χ2v) is 5.36. The molecule has 0 atom stereocenters. The second-order valence-electron chi connectivity index (χ2n) is 3.23. The van der Waals surface area contributed by atoms with E-state index in [-0.39, 0.29) is 5.17 Å². The van der Waals surface area contributed by atoms with Crippen LogP contribution in [0.25, 0.3) is 10.2 Å². The highest BCUT2D eigenvalue weighted by molar-refractivity contribution is 8.13. The first-order valence-corrected chi connectivity index (χ1v) is 6.28. The van der Waals surface area contributed by atoms with Gasteiger partial charge in [0.15, 0.2) is 5.17 Å². The fourth-order valence-electron chi connectivity index (χ4n) is 1.29. The molecule has 0 bridgehead atoms. The second kappa shape index (κ2) is 4.20. The Morgan fingerprint density at radius 2 is 2.40 bits per heavy atom. The largest absolute Gasteiger partial charge is 0.379 e. The fourth-order valence-corrected chi connectivity index (χ4v) is 2.79. The Morgan fingerprint density at radius 1 is 1.60 bits per heavy atom. The van der Waals surface area contributed by atoms with Gasteiger partial charge in [-0.15, -0.1) is 11.3 Å². The summed E-state index contributed by atoms with van der Waals surface area (Å²) in [4.78, 5) is 4.49. The topological polar surface area (TPSA) is 62.8 Å². The van der Waals surface area contributed by atoms with Gasteiger partial charge in [-0.05, 0) is 24.6 Å². The summed E-state index contributed by atoms with van der Waals surface area (Å²) in [5.41, 5.74) is 7.54. The zero-order valence-corrected chi connectivity index (χ0v) is 9.91. The number of aryl methyl sites for hydroxylation is 1. The quantitative estimate of drug-likeness (QED) is 0.623. The van der Waals surface area contributed by atoms with Crippen LogP contribution >= 0.6 is 23.1 Å². The monoisotopic (exact) mass is 237 g/mol. The Kier molecular flexibility index (Phi) is 2.93. The number of rotatable bonds is 2. The third kappa shape index (κ3) is 2.49. The first-order valence-electron chi connectivity index (χ1n) is 4.48. The minimum atomic E-state index is 0.144. The van der Waals surface area contributed by atoms with Gasteiger partial charge in [-0.1, -0.05) is 17.8 Å². The molecule has 3 nitrogen and oxygen atoms in total. The van der Waals surface area contributed by atoms with Crippen molar-refractivity contribution in [2.75, 3.05) is 0 Å². The van der Waals surface area contributed by atoms with Crippen molar-refractivity contribution in [1.82, 2.24) is 4.98 Å². The molecular weight excluding hydrogens is 226 g/mol. The number of hydrogen-bond donors (Lipinski definition) is 2. The van der Waals surface area contributed by atoms with E-state index in [1.807, 2.05) is 0 Å². The zero-order chi connectivity index (χ0) is 10.8. The highest BCUT2D eigenvalue weighted by atomic mass is 32.2. The van der Waals surface area contributed by atoms with Crippen molar-refractivity contribution in [2.45, 2.75) is 12.7 Å². The van der Waals surface area contributed by atoms with Crippen LogP contribution in [0.5, 0.6) is 0 Å². The van der Waals surface area contributed by atoms with Gasteiger partial charge in [0.05, 0.1) is 16.0 Å². The van der Waals surface area contributed by atoms with Crippen molar-refractivity contribution < 1.29 is 0 Å². The normalized spacial score (nSPS) is 10.7. The summed E-state index contributed by atoms with van der Waals surface area (Å²) in [6, 6.07) is 6.25. The summed E-state index contributed by atoms with van der Waals surface area (Å²) >= 11 is 2.98. The van der Waals surface area contributed by atoms with E-state index in [1.165, 1.54) is 22.0 Å². The number of nitrogens with two attached hydrogens (primary N) is 1. The maximum atomic E-state index is 7.13. The summed E-state index contributed by atoms with van der Waals surface area (Å²) < 4.78 is 1.19. The number of hydrogen-bond acceptors (Lipinski definition) is 4. The highest BCUT2D eigenvalue weighted by Gasteiger charge is 2.04. The van der Waals surface area contributed by atoms with E-state index in [0.29, 0.717) is 5.75 Å². The molecule has 1 heterocycles. The molecule has 0 saturated heterocycles. The number of nitrogens with one attached hydrogen (secondary N) is 1. The third-order valence-corrected chi connectivity index (χ3v) is 3.89. The molecule has 5 heteroatoms. The number of fused-ring (bicyclic) bond motifs is 1. The molecule has 0 amide bonds. The minimum Gasteiger partial charge on any atom is -0.379 e. The van der Waals surface area contributed by atoms with Gasteiger partial charge in [-0.25, -0.2) is 4.98 Å². The summed E-state index contributed by atoms with van der Waals surface area (Å²) in [6.45, 7) is 2.06. The zero-order valence-electron chi connectivity index (χ0n) is 8.28. The Labute approximate surface area is 96.2 Å². The predicted molar refractivity (Wildman–Crippen MR) is 67.6 cm³/mol. The lowest BCUT2D eigenvalue weighted by atomic mass is 10.2. The van der Waals surface area contributed by atoms with Gasteiger partial charge >= 0.3 is 0 Å². The Hall–Kier alpha value is -1.07. The molecule has 2 rings (SSSR count). The van der Waals surface area contributed by atoms with Gasteiger partial charge in [-0.3, -0.25) is 5.41 Å². The van der Waals surface area contributed by atoms with E-state index in [1.54, 1.807) is 11.3 Å². The summed E-state index contributed by atoms with van der Waals surface area (Å²) in [5.74, 6) is 0.688. The van der Waals surface area contributed by atoms with Gasteiger partial charge in [0.1, 0.15) is 5.01 Å². The lowest BCUT2D eigenvalue weighted by molar-refractivity contribution is 1.31. The number of benzene rings is 1. The van der Waals surface area contributed by atoms with Crippen molar-refractivity contribution in [3.05, 3.63) is 28.8 Å². The average Bonchev–Trinajstić information content (AvgIpc) is 2.56. The third-order valence-electron chi connectivity index (χ3n) is 1.94. The number of aromatic nitrogens is 1. The van der Waals surface area contributed by atoms with E-state index in [0.717, 1.165) is 10.5 Å². The molecule has 0 aliphatic heterocycles. The molecule has 0 aliphatic carbocycles. The average molecular weight is 237 g/mol. The molecule has 0 fully saturated rings.